The van der Waals surface area contributed by atoms with Gasteiger partial charge in [0.1, 0.15) is 0 Å². The normalized spacial score (nSPS) is 12.0. The largest absolute Gasteiger partial charge is 0.479 e. The molecule has 5 nitrogen and oxygen atoms in total. The van der Waals surface area contributed by atoms with Crippen molar-refractivity contribution in [3.8, 4) is 6.07 Å². The summed E-state index contributed by atoms with van der Waals surface area (Å²) in [7, 11) is 0. The SMILES string of the molecule is CC(C)(C)C(CC#N)=NOCC(=O)O. The van der Waals surface area contributed by atoms with E-state index in [1.54, 1.807) is 0 Å². The van der Waals surface area contributed by atoms with Gasteiger partial charge in [0, 0.05) is 5.41 Å². The second kappa shape index (κ2) is 5.22. The molecule has 0 aromatic heterocycles. The van der Waals surface area contributed by atoms with Crippen LogP contribution in [0.2, 0.25) is 0 Å². The summed E-state index contributed by atoms with van der Waals surface area (Å²) in [5, 5.41) is 20.4. The van der Waals surface area contributed by atoms with E-state index >= 15 is 0 Å². The van der Waals surface area contributed by atoms with Crippen LogP contribution in [0.1, 0.15) is 27.2 Å². The van der Waals surface area contributed by atoms with E-state index in [-0.39, 0.29) is 11.8 Å². The van der Waals surface area contributed by atoms with Crippen LogP contribution in [0.4, 0.5) is 0 Å². The fourth-order valence-corrected chi connectivity index (χ4v) is 0.675. The molecule has 0 heterocycles. The van der Waals surface area contributed by atoms with Crippen molar-refractivity contribution in [1.29, 1.82) is 5.26 Å². The van der Waals surface area contributed by atoms with Crippen molar-refractivity contribution in [1.82, 2.24) is 0 Å². The van der Waals surface area contributed by atoms with Gasteiger partial charge in [-0.2, -0.15) is 5.26 Å². The maximum Gasteiger partial charge on any atom is 0.344 e. The van der Waals surface area contributed by atoms with Crippen LogP contribution in [0.25, 0.3) is 0 Å². The maximum absolute atomic E-state index is 10.1. The standard InChI is InChI=1S/C9H14N2O3/c1-9(2,3)7(4-5-10)11-14-6-8(12)13/h4,6H2,1-3H3,(H,12,13). The van der Waals surface area contributed by atoms with Gasteiger partial charge in [0.05, 0.1) is 18.2 Å². The van der Waals surface area contributed by atoms with Crippen molar-refractivity contribution in [2.75, 3.05) is 6.61 Å². The monoisotopic (exact) mass is 198 g/mol. The number of aliphatic carboxylic acids is 1. The van der Waals surface area contributed by atoms with Crippen molar-refractivity contribution in [3.05, 3.63) is 0 Å². The van der Waals surface area contributed by atoms with Crippen molar-refractivity contribution in [2.45, 2.75) is 27.2 Å². The second-order valence-corrected chi connectivity index (χ2v) is 3.79. The maximum atomic E-state index is 10.1. The molecule has 78 valence electrons. The molecule has 0 amide bonds. The molecule has 0 unspecified atom stereocenters. The summed E-state index contributed by atoms with van der Waals surface area (Å²) in [6, 6.07) is 1.95. The summed E-state index contributed by atoms with van der Waals surface area (Å²) in [4.78, 5) is 14.7. The van der Waals surface area contributed by atoms with Crippen LogP contribution < -0.4 is 0 Å². The Hall–Kier alpha value is -1.57. The van der Waals surface area contributed by atoms with E-state index in [1.165, 1.54) is 0 Å². The predicted molar refractivity (Wildman–Crippen MR) is 50.7 cm³/mol. The summed E-state index contributed by atoms with van der Waals surface area (Å²) in [6.07, 6.45) is 0.142. The second-order valence-electron chi connectivity index (χ2n) is 3.79. The van der Waals surface area contributed by atoms with Crippen LogP contribution in [0.5, 0.6) is 0 Å². The highest BCUT2D eigenvalue weighted by Crippen LogP contribution is 2.18. The van der Waals surface area contributed by atoms with Gasteiger partial charge in [-0.15, -0.1) is 0 Å². The van der Waals surface area contributed by atoms with Gasteiger partial charge in [0.2, 0.25) is 6.61 Å². The van der Waals surface area contributed by atoms with E-state index < -0.39 is 12.6 Å². The zero-order valence-corrected chi connectivity index (χ0v) is 8.57. The Kier molecular flexibility index (Phi) is 4.64. The number of carboxylic acid groups (broad SMARTS) is 1. The van der Waals surface area contributed by atoms with Gasteiger partial charge in [-0.05, 0) is 0 Å². The lowest BCUT2D eigenvalue weighted by atomic mass is 9.88. The molecule has 14 heavy (non-hydrogen) atoms. The molecule has 0 aliphatic carbocycles. The minimum Gasteiger partial charge on any atom is -0.479 e. The number of oxime groups is 1. The predicted octanol–water partition coefficient (Wildman–Crippen LogP) is 1.40. The summed E-state index contributed by atoms with van der Waals surface area (Å²) >= 11 is 0. The van der Waals surface area contributed by atoms with Gasteiger partial charge in [-0.25, -0.2) is 4.79 Å². The van der Waals surface area contributed by atoms with E-state index in [1.807, 2.05) is 26.8 Å². The molecule has 0 rings (SSSR count). The van der Waals surface area contributed by atoms with Crippen LogP contribution >= 0.6 is 0 Å². The van der Waals surface area contributed by atoms with Crippen molar-refractivity contribution >= 4 is 11.7 Å². The third kappa shape index (κ3) is 5.14. The highest BCUT2D eigenvalue weighted by Gasteiger charge is 2.19. The smallest absolute Gasteiger partial charge is 0.344 e. The number of nitriles is 1. The van der Waals surface area contributed by atoms with E-state index in [0.717, 1.165) is 0 Å². The van der Waals surface area contributed by atoms with Gasteiger partial charge in [-0.3, -0.25) is 0 Å². The molecule has 0 saturated heterocycles. The van der Waals surface area contributed by atoms with Crippen LogP contribution in [0, 0.1) is 16.7 Å². The van der Waals surface area contributed by atoms with E-state index in [9.17, 15) is 4.79 Å². The molecule has 5 heteroatoms. The Balaban J connectivity index is 4.36. The molecule has 0 atom stereocenters. The number of hydrogen-bond acceptors (Lipinski definition) is 4. The Labute approximate surface area is 83.0 Å². The van der Waals surface area contributed by atoms with Crippen LogP contribution in [0.3, 0.4) is 0 Å². The molecule has 0 aliphatic heterocycles. The van der Waals surface area contributed by atoms with Crippen molar-refractivity contribution in [2.24, 2.45) is 10.6 Å². The fourth-order valence-electron chi connectivity index (χ4n) is 0.675. The summed E-state index contributed by atoms with van der Waals surface area (Å²) in [5.41, 5.74) is 0.259. The first-order valence-corrected chi connectivity index (χ1v) is 4.16. The van der Waals surface area contributed by atoms with E-state index in [4.69, 9.17) is 10.4 Å². The first-order chi connectivity index (χ1) is 6.38. The fraction of sp³-hybridized carbons (Fsp3) is 0.667. The van der Waals surface area contributed by atoms with Crippen LogP contribution in [-0.2, 0) is 9.63 Å². The third-order valence-corrected chi connectivity index (χ3v) is 1.48. The third-order valence-electron chi connectivity index (χ3n) is 1.48. The molecule has 0 aromatic carbocycles. The quantitative estimate of drug-likeness (QED) is 0.546. The number of rotatable bonds is 4. The van der Waals surface area contributed by atoms with E-state index in [0.29, 0.717) is 5.71 Å². The molecule has 0 saturated carbocycles. The zero-order valence-electron chi connectivity index (χ0n) is 8.57. The average molecular weight is 198 g/mol. The van der Waals surface area contributed by atoms with Gasteiger partial charge >= 0.3 is 5.97 Å². The van der Waals surface area contributed by atoms with Gasteiger partial charge in [0.25, 0.3) is 0 Å². The Bertz CT molecular complexity index is 271. The van der Waals surface area contributed by atoms with Gasteiger partial charge in [0.15, 0.2) is 0 Å². The molecule has 0 fully saturated rings. The Morgan fingerprint density at radius 1 is 1.57 bits per heavy atom. The molecule has 0 spiro atoms. The summed E-state index contributed by atoms with van der Waals surface area (Å²) < 4.78 is 0. The minimum absolute atomic E-state index is 0.142. The zero-order chi connectivity index (χ0) is 11.2. The number of hydrogen-bond donors (Lipinski definition) is 1. The highest BCUT2D eigenvalue weighted by molar-refractivity contribution is 5.90. The molecular weight excluding hydrogens is 184 g/mol. The Morgan fingerprint density at radius 2 is 2.14 bits per heavy atom. The average Bonchev–Trinajstić information content (AvgIpc) is 2.00. The summed E-state index contributed by atoms with van der Waals surface area (Å²) in [6.45, 7) is 5.17. The number of nitrogens with zero attached hydrogens (tertiary/aromatic N) is 2. The molecule has 0 radical (unpaired) electrons. The first-order valence-electron chi connectivity index (χ1n) is 4.16. The van der Waals surface area contributed by atoms with Crippen molar-refractivity contribution in [3.63, 3.8) is 0 Å². The summed E-state index contributed by atoms with van der Waals surface area (Å²) in [5.74, 6) is -1.08. The topological polar surface area (TPSA) is 82.7 Å². The lowest BCUT2D eigenvalue weighted by molar-refractivity contribution is -0.142. The molecule has 0 bridgehead atoms. The van der Waals surface area contributed by atoms with Crippen LogP contribution in [0.15, 0.2) is 5.16 Å². The number of carboxylic acids is 1. The molecule has 0 aromatic rings. The van der Waals surface area contributed by atoms with Gasteiger partial charge in [-0.1, -0.05) is 25.9 Å². The Morgan fingerprint density at radius 3 is 2.50 bits per heavy atom. The van der Waals surface area contributed by atoms with E-state index in [2.05, 4.69) is 9.99 Å². The minimum atomic E-state index is -1.08. The molecule has 1 N–H and O–H groups in total. The van der Waals surface area contributed by atoms with Gasteiger partial charge < -0.3 is 9.94 Å². The van der Waals surface area contributed by atoms with Crippen LogP contribution in [-0.4, -0.2) is 23.4 Å². The first kappa shape index (κ1) is 12.4. The highest BCUT2D eigenvalue weighted by atomic mass is 16.6. The molecular formula is C9H14N2O3. The lowest BCUT2D eigenvalue weighted by Gasteiger charge is -2.18. The van der Waals surface area contributed by atoms with Crippen molar-refractivity contribution < 1.29 is 14.7 Å². The lowest BCUT2D eigenvalue weighted by Crippen LogP contribution is -2.20. The molecule has 0 aliphatic rings. The number of carbonyl (C=O) groups is 1.